The molecule has 1 atom stereocenters. The largest absolute Gasteiger partial charge is 0.495 e. The summed E-state index contributed by atoms with van der Waals surface area (Å²) in [4.78, 5) is 2.36. The van der Waals surface area contributed by atoms with E-state index in [0.717, 1.165) is 45.7 Å². The fraction of sp³-hybridized carbons (Fsp3) is 0.364. The Balaban J connectivity index is 1.66. The lowest BCUT2D eigenvalue weighted by Gasteiger charge is -2.30. The van der Waals surface area contributed by atoms with Crippen LogP contribution in [0.3, 0.4) is 0 Å². The van der Waals surface area contributed by atoms with E-state index < -0.39 is 0 Å². The van der Waals surface area contributed by atoms with Gasteiger partial charge in [-0.05, 0) is 56.4 Å². The van der Waals surface area contributed by atoms with Gasteiger partial charge in [0.05, 0.1) is 12.8 Å². The van der Waals surface area contributed by atoms with Crippen LogP contribution in [0.5, 0.6) is 5.75 Å². The Morgan fingerprint density at radius 1 is 1.15 bits per heavy atom. The molecule has 0 bridgehead atoms. The van der Waals surface area contributed by atoms with Crippen LogP contribution in [0, 0.1) is 6.92 Å². The summed E-state index contributed by atoms with van der Waals surface area (Å²) in [5, 5.41) is 14.8. The molecule has 1 aromatic heterocycles. The van der Waals surface area contributed by atoms with Crippen molar-refractivity contribution in [2.45, 2.75) is 25.8 Å². The van der Waals surface area contributed by atoms with E-state index in [2.05, 4.69) is 64.7 Å². The number of anilines is 1. The number of likely N-dealkylation sites (tertiary alicyclic amines) is 1. The van der Waals surface area contributed by atoms with Crippen LogP contribution in [-0.2, 0) is 0 Å². The van der Waals surface area contributed by atoms with Crippen molar-refractivity contribution in [2.75, 3.05) is 32.6 Å². The number of fused-ring (bicyclic) bond motifs is 1. The number of aryl methyl sites for hydroxylation is 1. The molecule has 0 amide bonds. The summed E-state index contributed by atoms with van der Waals surface area (Å²) >= 11 is 0. The van der Waals surface area contributed by atoms with E-state index in [1.807, 2.05) is 12.1 Å². The highest BCUT2D eigenvalue weighted by Crippen LogP contribution is 2.37. The van der Waals surface area contributed by atoms with Crippen molar-refractivity contribution < 1.29 is 4.74 Å². The monoisotopic (exact) mass is 362 g/mol. The van der Waals surface area contributed by atoms with Gasteiger partial charge in [0.1, 0.15) is 11.6 Å². The number of aromatic nitrogens is 2. The van der Waals surface area contributed by atoms with E-state index in [0.29, 0.717) is 6.04 Å². The zero-order valence-corrected chi connectivity index (χ0v) is 16.2. The third-order valence-corrected chi connectivity index (χ3v) is 5.30. The van der Waals surface area contributed by atoms with Crippen molar-refractivity contribution in [3.63, 3.8) is 0 Å². The molecule has 140 valence electrons. The van der Waals surface area contributed by atoms with Crippen molar-refractivity contribution in [3.05, 3.63) is 48.0 Å². The second-order valence-electron chi connectivity index (χ2n) is 7.37. The Bertz CT molecular complexity index is 956. The first-order chi connectivity index (χ1) is 13.2. The topological polar surface area (TPSA) is 50.3 Å². The molecule has 4 rings (SSSR count). The smallest absolute Gasteiger partial charge is 0.149 e. The lowest BCUT2D eigenvalue weighted by atomic mass is 10.0. The maximum atomic E-state index is 5.74. The molecule has 3 aromatic rings. The summed E-state index contributed by atoms with van der Waals surface area (Å²) in [5.41, 5.74) is 2.93. The van der Waals surface area contributed by atoms with Gasteiger partial charge in [-0.25, -0.2) is 0 Å². The Hall–Kier alpha value is -2.66. The fourth-order valence-corrected chi connectivity index (χ4v) is 3.96. The van der Waals surface area contributed by atoms with Gasteiger partial charge in [-0.15, -0.1) is 10.2 Å². The van der Waals surface area contributed by atoms with Crippen molar-refractivity contribution in [1.29, 1.82) is 0 Å². The zero-order valence-electron chi connectivity index (χ0n) is 16.2. The maximum absolute atomic E-state index is 5.74. The number of rotatable bonds is 4. The molecule has 0 saturated carbocycles. The van der Waals surface area contributed by atoms with Gasteiger partial charge < -0.3 is 15.0 Å². The second-order valence-corrected chi connectivity index (χ2v) is 7.37. The van der Waals surface area contributed by atoms with E-state index >= 15 is 0 Å². The van der Waals surface area contributed by atoms with Gasteiger partial charge in [0.2, 0.25) is 0 Å². The Kier molecular flexibility index (Phi) is 4.94. The van der Waals surface area contributed by atoms with Crippen molar-refractivity contribution >= 4 is 16.6 Å². The van der Waals surface area contributed by atoms with E-state index in [1.165, 1.54) is 19.4 Å². The molecule has 0 spiro atoms. The van der Waals surface area contributed by atoms with Gasteiger partial charge in [0.25, 0.3) is 0 Å². The molecular formula is C22H26N4O. The summed E-state index contributed by atoms with van der Waals surface area (Å²) in [6.07, 6.45) is 2.39. The highest BCUT2D eigenvalue weighted by Gasteiger charge is 2.19. The predicted molar refractivity (Wildman–Crippen MR) is 110 cm³/mol. The lowest BCUT2D eigenvalue weighted by molar-refractivity contribution is 0.260. The molecule has 5 heteroatoms. The molecule has 1 aliphatic rings. The van der Waals surface area contributed by atoms with E-state index in [4.69, 9.17) is 4.74 Å². The number of nitrogens with zero attached hydrogens (tertiary/aromatic N) is 3. The van der Waals surface area contributed by atoms with Crippen LogP contribution in [-0.4, -0.2) is 48.4 Å². The van der Waals surface area contributed by atoms with Crippen LogP contribution >= 0.6 is 0 Å². The summed E-state index contributed by atoms with van der Waals surface area (Å²) in [5.74, 6) is 1.69. The minimum atomic E-state index is 0.429. The quantitative estimate of drug-likeness (QED) is 0.757. The third-order valence-electron chi connectivity index (χ3n) is 5.30. The van der Waals surface area contributed by atoms with Crippen LogP contribution in [0.2, 0.25) is 0 Å². The van der Waals surface area contributed by atoms with Crippen LogP contribution in [0.1, 0.15) is 18.4 Å². The minimum absolute atomic E-state index is 0.429. The van der Waals surface area contributed by atoms with Crippen molar-refractivity contribution in [1.82, 2.24) is 15.1 Å². The normalized spacial score (nSPS) is 17.8. The summed E-state index contributed by atoms with van der Waals surface area (Å²) in [6.45, 7) is 4.29. The first-order valence-electron chi connectivity index (χ1n) is 9.51. The Labute approximate surface area is 160 Å². The molecular weight excluding hydrogens is 336 g/mol. The van der Waals surface area contributed by atoms with Crippen molar-refractivity contribution in [3.8, 4) is 17.0 Å². The van der Waals surface area contributed by atoms with Gasteiger partial charge >= 0.3 is 0 Å². The number of nitrogens with one attached hydrogen (secondary N) is 1. The molecule has 1 saturated heterocycles. The first kappa shape index (κ1) is 17.7. The minimum Gasteiger partial charge on any atom is -0.495 e. The first-order valence-corrected chi connectivity index (χ1v) is 9.51. The number of benzene rings is 2. The number of hydrogen-bond donors (Lipinski definition) is 1. The van der Waals surface area contributed by atoms with E-state index in [1.54, 1.807) is 7.11 Å². The molecule has 0 aliphatic carbocycles. The van der Waals surface area contributed by atoms with Crippen LogP contribution < -0.4 is 10.1 Å². The van der Waals surface area contributed by atoms with Gasteiger partial charge in [-0.1, -0.05) is 30.3 Å². The molecule has 1 fully saturated rings. The standard InChI is InChI=1S/C22H26N4O/c1-15-13-20(23-17-8-6-12-26(2)14-17)24-25-21(15)19-11-10-16-7-4-5-9-18(16)22(19)27-3/h4-5,7,9-11,13,17H,6,8,12,14H2,1-3H3,(H,23,24)/t17-/m1/s1. The third kappa shape index (κ3) is 3.60. The SMILES string of the molecule is COc1c(-c2nnc(N[C@@H]3CCCN(C)C3)cc2C)ccc2ccccc12. The van der Waals surface area contributed by atoms with Gasteiger partial charge in [0, 0.05) is 23.5 Å². The Morgan fingerprint density at radius 2 is 2.00 bits per heavy atom. The molecule has 1 aliphatic heterocycles. The van der Waals surface area contributed by atoms with E-state index in [-0.39, 0.29) is 0 Å². The number of hydrogen-bond acceptors (Lipinski definition) is 5. The Morgan fingerprint density at radius 3 is 2.78 bits per heavy atom. The fourth-order valence-electron chi connectivity index (χ4n) is 3.96. The van der Waals surface area contributed by atoms with Crippen molar-refractivity contribution in [2.24, 2.45) is 0 Å². The zero-order chi connectivity index (χ0) is 18.8. The molecule has 5 nitrogen and oxygen atoms in total. The summed E-state index contributed by atoms with van der Waals surface area (Å²) < 4.78 is 5.74. The van der Waals surface area contributed by atoms with E-state index in [9.17, 15) is 0 Å². The molecule has 0 radical (unpaired) electrons. The average Bonchev–Trinajstić information content (AvgIpc) is 2.67. The van der Waals surface area contributed by atoms with Gasteiger partial charge in [0.15, 0.2) is 0 Å². The van der Waals surface area contributed by atoms with Gasteiger partial charge in [-0.2, -0.15) is 0 Å². The predicted octanol–water partition coefficient (Wildman–Crippen LogP) is 4.12. The van der Waals surface area contributed by atoms with Gasteiger partial charge in [-0.3, -0.25) is 0 Å². The average molecular weight is 362 g/mol. The van der Waals surface area contributed by atoms with Crippen LogP contribution in [0.4, 0.5) is 5.82 Å². The number of methoxy groups -OCH3 is 1. The molecule has 27 heavy (non-hydrogen) atoms. The summed E-state index contributed by atoms with van der Waals surface area (Å²) in [7, 11) is 3.88. The molecule has 0 unspecified atom stereocenters. The summed E-state index contributed by atoms with van der Waals surface area (Å²) in [6, 6.07) is 14.9. The van der Waals surface area contributed by atoms with Crippen LogP contribution in [0.25, 0.3) is 22.0 Å². The number of piperidine rings is 1. The molecule has 2 heterocycles. The lowest BCUT2D eigenvalue weighted by Crippen LogP contribution is -2.39. The molecule has 2 aromatic carbocycles. The number of likely N-dealkylation sites (N-methyl/N-ethyl adjacent to an activating group) is 1. The maximum Gasteiger partial charge on any atom is 0.149 e. The van der Waals surface area contributed by atoms with Crippen LogP contribution in [0.15, 0.2) is 42.5 Å². The second kappa shape index (κ2) is 7.53. The number of ether oxygens (including phenoxy) is 1. The highest BCUT2D eigenvalue weighted by molar-refractivity contribution is 5.94. The molecule has 1 N–H and O–H groups in total. The highest BCUT2D eigenvalue weighted by atomic mass is 16.5.